The molecule has 0 amide bonds. The Bertz CT molecular complexity index is 254. The van der Waals surface area contributed by atoms with Crippen molar-refractivity contribution in [1.82, 2.24) is 10.7 Å². The van der Waals surface area contributed by atoms with Crippen LogP contribution in [0, 0.1) is 5.92 Å². The monoisotopic (exact) mass is 238 g/mol. The second kappa shape index (κ2) is 6.24. The second-order valence-corrected chi connectivity index (χ2v) is 5.49. The van der Waals surface area contributed by atoms with Gasteiger partial charge in [0.2, 0.25) is 5.96 Å². The van der Waals surface area contributed by atoms with Gasteiger partial charge in [-0.3, -0.25) is 5.43 Å². The first-order chi connectivity index (χ1) is 8.31. The van der Waals surface area contributed by atoms with Crippen LogP contribution in [0.15, 0.2) is 4.99 Å². The van der Waals surface area contributed by atoms with E-state index in [2.05, 4.69) is 22.7 Å². The third kappa shape index (κ3) is 4.19. The largest absolute Gasteiger partial charge is 0.353 e. The van der Waals surface area contributed by atoms with E-state index in [0.29, 0.717) is 12.1 Å². The molecule has 4 heteroatoms. The van der Waals surface area contributed by atoms with Crippen LogP contribution in [0.3, 0.4) is 0 Å². The number of hydrazine groups is 1. The summed E-state index contributed by atoms with van der Waals surface area (Å²) < 4.78 is 0. The molecule has 4 N–H and O–H groups in total. The summed E-state index contributed by atoms with van der Waals surface area (Å²) in [6.45, 7) is 2.23. The standard InChI is InChI=1S/C13H26N4/c1-2-11(9-10-7-8-10)15-13(17-14)16-12-5-3-4-6-12/h10-12H,2-9,14H2,1H3,(H2,15,16,17). The number of hydrogen-bond acceptors (Lipinski definition) is 2. The predicted molar refractivity (Wildman–Crippen MR) is 71.6 cm³/mol. The number of rotatable bonds is 5. The molecule has 1 atom stereocenters. The van der Waals surface area contributed by atoms with Crippen LogP contribution in [0.4, 0.5) is 0 Å². The van der Waals surface area contributed by atoms with Crippen molar-refractivity contribution in [2.45, 2.75) is 70.4 Å². The molecule has 0 spiro atoms. The zero-order chi connectivity index (χ0) is 12.1. The van der Waals surface area contributed by atoms with Crippen LogP contribution in [-0.4, -0.2) is 18.0 Å². The molecule has 1 unspecified atom stereocenters. The van der Waals surface area contributed by atoms with Crippen molar-refractivity contribution in [2.24, 2.45) is 16.8 Å². The minimum Gasteiger partial charge on any atom is -0.353 e. The number of nitrogens with two attached hydrogens (primary N) is 1. The Morgan fingerprint density at radius 2 is 2.00 bits per heavy atom. The summed E-state index contributed by atoms with van der Waals surface area (Å²) >= 11 is 0. The Morgan fingerprint density at radius 1 is 1.29 bits per heavy atom. The van der Waals surface area contributed by atoms with Gasteiger partial charge in [-0.15, -0.1) is 0 Å². The molecule has 0 heterocycles. The van der Waals surface area contributed by atoms with Crippen molar-refractivity contribution in [3.8, 4) is 0 Å². The van der Waals surface area contributed by atoms with E-state index in [1.165, 1.54) is 44.9 Å². The lowest BCUT2D eigenvalue weighted by atomic mass is 10.1. The molecule has 98 valence electrons. The van der Waals surface area contributed by atoms with Crippen LogP contribution in [0.5, 0.6) is 0 Å². The summed E-state index contributed by atoms with van der Waals surface area (Å²) in [4.78, 5) is 4.68. The van der Waals surface area contributed by atoms with E-state index in [1.807, 2.05) is 0 Å². The molecule has 2 rings (SSSR count). The number of hydrogen-bond donors (Lipinski definition) is 3. The highest BCUT2D eigenvalue weighted by Gasteiger charge is 2.25. The first-order valence-corrected chi connectivity index (χ1v) is 7.12. The van der Waals surface area contributed by atoms with Crippen LogP contribution in [0.2, 0.25) is 0 Å². The normalized spacial score (nSPS) is 23.8. The van der Waals surface area contributed by atoms with E-state index in [-0.39, 0.29) is 0 Å². The summed E-state index contributed by atoms with van der Waals surface area (Å²) in [5.74, 6) is 7.30. The fourth-order valence-electron chi connectivity index (χ4n) is 2.61. The number of guanidine groups is 1. The number of aliphatic imine (C=N–C) groups is 1. The molecule has 0 aromatic heterocycles. The van der Waals surface area contributed by atoms with Crippen LogP contribution in [0.1, 0.15) is 58.3 Å². The molecular formula is C13H26N4. The van der Waals surface area contributed by atoms with Gasteiger partial charge in [0.05, 0.1) is 6.04 Å². The van der Waals surface area contributed by atoms with Gasteiger partial charge >= 0.3 is 0 Å². The topological polar surface area (TPSA) is 62.4 Å². The van der Waals surface area contributed by atoms with Gasteiger partial charge in [-0.2, -0.15) is 0 Å². The lowest BCUT2D eigenvalue weighted by Crippen LogP contribution is -2.47. The first kappa shape index (κ1) is 12.7. The maximum atomic E-state index is 5.56. The van der Waals surface area contributed by atoms with Crippen molar-refractivity contribution >= 4 is 5.96 Å². The molecule has 4 nitrogen and oxygen atoms in total. The van der Waals surface area contributed by atoms with Gasteiger partial charge in [0.25, 0.3) is 0 Å². The average Bonchev–Trinajstić information content (AvgIpc) is 3.01. The van der Waals surface area contributed by atoms with E-state index in [9.17, 15) is 0 Å². The molecule has 17 heavy (non-hydrogen) atoms. The Morgan fingerprint density at radius 3 is 2.53 bits per heavy atom. The van der Waals surface area contributed by atoms with Crippen molar-refractivity contribution in [1.29, 1.82) is 0 Å². The van der Waals surface area contributed by atoms with Gasteiger partial charge in [-0.1, -0.05) is 32.6 Å². The van der Waals surface area contributed by atoms with Crippen LogP contribution >= 0.6 is 0 Å². The summed E-state index contributed by atoms with van der Waals surface area (Å²) in [6, 6.07) is 1.01. The summed E-state index contributed by atoms with van der Waals surface area (Å²) in [7, 11) is 0. The predicted octanol–water partition coefficient (Wildman–Crippen LogP) is 1.92. The zero-order valence-corrected chi connectivity index (χ0v) is 10.9. The first-order valence-electron chi connectivity index (χ1n) is 7.12. The number of nitrogens with zero attached hydrogens (tertiary/aromatic N) is 1. The Balaban J connectivity index is 1.82. The van der Waals surface area contributed by atoms with E-state index in [1.54, 1.807) is 0 Å². The molecule has 0 aliphatic heterocycles. The SMILES string of the molecule is CCC(CC1CC1)NC(=NC1CCCC1)NN. The minimum atomic E-state index is 0.479. The van der Waals surface area contributed by atoms with Crippen LogP contribution in [0.25, 0.3) is 0 Å². The molecule has 2 aliphatic carbocycles. The van der Waals surface area contributed by atoms with Crippen molar-refractivity contribution in [3.63, 3.8) is 0 Å². The molecule has 0 radical (unpaired) electrons. The Hall–Kier alpha value is -0.770. The van der Waals surface area contributed by atoms with Gasteiger partial charge in [0, 0.05) is 6.04 Å². The number of nitrogens with one attached hydrogen (secondary N) is 2. The molecular weight excluding hydrogens is 212 g/mol. The van der Waals surface area contributed by atoms with Crippen molar-refractivity contribution in [2.75, 3.05) is 0 Å². The fourth-order valence-corrected chi connectivity index (χ4v) is 2.61. The molecule has 2 saturated carbocycles. The molecule has 0 aromatic rings. The van der Waals surface area contributed by atoms with E-state index in [0.717, 1.165) is 18.3 Å². The lowest BCUT2D eigenvalue weighted by Gasteiger charge is -2.20. The Labute approximate surface area is 104 Å². The average molecular weight is 238 g/mol. The fraction of sp³-hybridized carbons (Fsp3) is 0.923. The maximum Gasteiger partial charge on any atom is 0.206 e. The van der Waals surface area contributed by atoms with E-state index >= 15 is 0 Å². The van der Waals surface area contributed by atoms with E-state index in [4.69, 9.17) is 5.84 Å². The zero-order valence-electron chi connectivity index (χ0n) is 10.9. The highest BCUT2D eigenvalue weighted by molar-refractivity contribution is 5.79. The third-order valence-electron chi connectivity index (χ3n) is 3.92. The quantitative estimate of drug-likeness (QED) is 0.297. The van der Waals surface area contributed by atoms with Crippen molar-refractivity contribution in [3.05, 3.63) is 0 Å². The second-order valence-electron chi connectivity index (χ2n) is 5.49. The Kier molecular flexibility index (Phi) is 4.66. The molecule has 0 bridgehead atoms. The molecule has 2 fully saturated rings. The highest BCUT2D eigenvalue weighted by Crippen LogP contribution is 2.34. The van der Waals surface area contributed by atoms with Gasteiger partial charge in [-0.25, -0.2) is 10.8 Å². The van der Waals surface area contributed by atoms with Gasteiger partial charge in [0.15, 0.2) is 0 Å². The lowest BCUT2D eigenvalue weighted by molar-refractivity contribution is 0.501. The van der Waals surface area contributed by atoms with Gasteiger partial charge < -0.3 is 5.32 Å². The third-order valence-corrected chi connectivity index (χ3v) is 3.92. The van der Waals surface area contributed by atoms with Crippen LogP contribution < -0.4 is 16.6 Å². The molecule has 0 saturated heterocycles. The van der Waals surface area contributed by atoms with Gasteiger partial charge in [0.1, 0.15) is 0 Å². The summed E-state index contributed by atoms with van der Waals surface area (Å²) in [5.41, 5.74) is 2.73. The smallest absolute Gasteiger partial charge is 0.206 e. The summed E-state index contributed by atoms with van der Waals surface area (Å²) in [6.07, 6.45) is 10.3. The van der Waals surface area contributed by atoms with Crippen molar-refractivity contribution < 1.29 is 0 Å². The highest BCUT2D eigenvalue weighted by atomic mass is 15.3. The minimum absolute atomic E-state index is 0.479. The van der Waals surface area contributed by atoms with E-state index < -0.39 is 0 Å². The maximum absolute atomic E-state index is 5.56. The van der Waals surface area contributed by atoms with Crippen LogP contribution in [-0.2, 0) is 0 Å². The molecule has 2 aliphatic rings. The van der Waals surface area contributed by atoms with Gasteiger partial charge in [-0.05, 0) is 31.6 Å². The molecule has 0 aromatic carbocycles. The summed E-state index contributed by atoms with van der Waals surface area (Å²) in [5, 5.41) is 3.47.